The molecule has 9 aliphatic rings. The first-order valence-electron chi connectivity index (χ1n) is 36.5. The summed E-state index contributed by atoms with van der Waals surface area (Å²) >= 11 is 1.15. The molecule has 8 amide bonds. The first-order valence-corrected chi connectivity index (χ1v) is 37.5. The molecular weight excluding hydrogens is 1330 g/mol. The van der Waals surface area contributed by atoms with Crippen molar-refractivity contribution < 1.29 is 67.4 Å². The smallest absolute Gasteiger partial charge is 0.251 e. The van der Waals surface area contributed by atoms with Crippen LogP contribution in [0.3, 0.4) is 0 Å². The van der Waals surface area contributed by atoms with Crippen LogP contribution in [-0.4, -0.2) is 195 Å². The van der Waals surface area contributed by atoms with Crippen LogP contribution in [0.15, 0.2) is 100 Å². The molecule has 1 aliphatic carbocycles. The minimum absolute atomic E-state index is 0.0223. The molecule has 550 valence electrons. The van der Waals surface area contributed by atoms with E-state index >= 15 is 0 Å². The molecule has 3 aromatic carbocycles. The Kier molecular flexibility index (Phi) is 21.4. The van der Waals surface area contributed by atoms with Gasteiger partial charge in [-0.05, 0) is 146 Å². The largest absolute Gasteiger partial charge is 0.393 e. The Bertz CT molecular complexity index is 4130. The summed E-state index contributed by atoms with van der Waals surface area (Å²) < 4.78 is 15.3. The third kappa shape index (κ3) is 15.2. The monoisotopic (exact) mass is 1430 g/mol. The molecule has 8 heterocycles. The Morgan fingerprint density at radius 3 is 2.40 bits per heavy atom. The summed E-state index contributed by atoms with van der Waals surface area (Å²) in [6.45, 7) is 23.6. The molecule has 12 rings (SSSR count). The first-order chi connectivity index (χ1) is 48.8. The zero-order valence-electron chi connectivity index (χ0n) is 61.1. The van der Waals surface area contributed by atoms with Crippen LogP contribution in [0.1, 0.15) is 160 Å². The third-order valence-corrected chi connectivity index (χ3v) is 23.6. The number of aliphatic imine (C=N–C) groups is 1. The summed E-state index contributed by atoms with van der Waals surface area (Å²) in [7, 11) is 0. The number of carbonyl (C=O) groups excluding carboxylic acids is 9. The van der Waals surface area contributed by atoms with E-state index < -0.39 is 119 Å². The van der Waals surface area contributed by atoms with Crippen molar-refractivity contribution in [1.82, 2.24) is 42.1 Å². The second-order valence-electron chi connectivity index (χ2n) is 31.2. The number of carbonyl (C=O) groups is 9. The van der Waals surface area contributed by atoms with Crippen LogP contribution >= 0.6 is 11.8 Å². The maximum Gasteiger partial charge on any atom is 0.251 e. The maximum atomic E-state index is 15.0. The molecule has 8 aliphatic heterocycles. The number of hydrogen-bond donors (Lipinski definition) is 9. The minimum Gasteiger partial charge on any atom is -0.393 e. The number of para-hydroxylation sites is 1. The Hall–Kier alpha value is -8.36. The average molecular weight is 1430 g/mol. The molecule has 0 aromatic heterocycles. The number of anilines is 1. The standard InChI is InChI=1S/C78H99N11O13S/c1-40-17-19-60-54(29-40)76(8,9)66-51-31-49-32-53-63(102-64(49)34-47(51)21-25-87(60)66)22-26-88-61-20-18-48(33-55(61)77(10,11)67(53)88)70(95)79-24-28-101-27-23-65(92)80-39-78(12,100)36-58(72(97)81-43(4)46(7)91)84-71(96)57-35-52-50-15-13-14-16-56(50)86-74(52)103-38-59(85-68(93)42(3)45(6)90)75(99)89-37-41(2)30-62(89)73(98)82-44(5)69(94)83-57/h13-20,29,31-33,41-45,47,52,57-59,62-64,90,100H,21-28,30,34-39H2,1-12H3,(H6-,79,80,81,82,83,84,85,92,93,94,95,96,97,98)/p+1/t41-,42-,43+,44+,45+,47-,52?,57+,58+,59?,62?,63-,64+,78-/m1/s1. The lowest BCUT2D eigenvalue weighted by molar-refractivity contribution is -0.445. The lowest BCUT2D eigenvalue weighted by Crippen LogP contribution is -2.60. The van der Waals surface area contributed by atoms with Gasteiger partial charge in [0.25, 0.3) is 5.91 Å². The zero-order chi connectivity index (χ0) is 73.9. The van der Waals surface area contributed by atoms with Gasteiger partial charge in [-0.25, -0.2) is 4.99 Å². The van der Waals surface area contributed by atoms with Gasteiger partial charge in [0.15, 0.2) is 18.0 Å². The highest BCUT2D eigenvalue weighted by Gasteiger charge is 2.55. The van der Waals surface area contributed by atoms with Gasteiger partial charge >= 0.3 is 0 Å². The van der Waals surface area contributed by atoms with Crippen LogP contribution in [0, 0.1) is 24.7 Å². The summed E-state index contributed by atoms with van der Waals surface area (Å²) in [5.74, 6) is -6.70. The van der Waals surface area contributed by atoms with Crippen molar-refractivity contribution in [3.63, 3.8) is 0 Å². The van der Waals surface area contributed by atoms with Gasteiger partial charge in [0, 0.05) is 96.7 Å². The summed E-state index contributed by atoms with van der Waals surface area (Å²) in [5, 5.41) is 42.0. The normalized spacial score (nSPS) is 26.9. The van der Waals surface area contributed by atoms with E-state index in [2.05, 4.69) is 112 Å². The maximum absolute atomic E-state index is 15.0. The number of aliphatic hydroxyl groups excluding tert-OH is 1. The van der Waals surface area contributed by atoms with Gasteiger partial charge < -0.3 is 66.7 Å². The minimum atomic E-state index is -1.87. The Labute approximate surface area is 606 Å². The SMILES string of the molecule is CC(=O)[C@H](C)NC(=O)[C@H](C[C@@](C)(O)CNC(=O)CCOCCNC(=O)c1ccc2c(c1)C(C)(C)C1=[N+]2CC[C@H]2O[C@H]3C[C@H]4CCN5C(=C4C=C3C=C12)C(C)(C)c1cc(C)ccc15)NC(=O)[C@@H]1CC2C(=Nc3ccccc32)SCC(NC(=O)[C@H](C)[C@H](C)O)C(=O)N2C[C@H](C)CC2C(=O)N[C@@H](C)C(=O)N1. The molecule has 3 aromatic rings. The summed E-state index contributed by atoms with van der Waals surface area (Å²) in [6, 6.07) is 12.5. The van der Waals surface area contributed by atoms with Crippen molar-refractivity contribution in [3.8, 4) is 0 Å². The van der Waals surface area contributed by atoms with Gasteiger partial charge in [-0.15, -0.1) is 11.8 Å². The van der Waals surface area contributed by atoms with Crippen LogP contribution in [0.4, 0.5) is 17.1 Å². The fourth-order valence-electron chi connectivity index (χ4n) is 16.4. The number of ketones is 1. The van der Waals surface area contributed by atoms with E-state index in [4.69, 9.17) is 14.5 Å². The second-order valence-corrected chi connectivity index (χ2v) is 32.2. The molecule has 2 saturated heterocycles. The van der Waals surface area contributed by atoms with E-state index in [9.17, 15) is 53.4 Å². The van der Waals surface area contributed by atoms with E-state index in [1.165, 1.54) is 91.4 Å². The number of nitrogens with zero attached hydrogens (tertiary/aromatic N) is 4. The van der Waals surface area contributed by atoms with Gasteiger partial charge in [0.05, 0.1) is 65.2 Å². The molecule has 9 N–H and O–H groups in total. The van der Waals surface area contributed by atoms with Gasteiger partial charge in [-0.1, -0.05) is 69.7 Å². The number of thioether (sulfide) groups is 1. The van der Waals surface area contributed by atoms with E-state index in [1.807, 2.05) is 31.2 Å². The van der Waals surface area contributed by atoms with Gasteiger partial charge in [0.2, 0.25) is 47.0 Å². The number of rotatable bonds is 19. The summed E-state index contributed by atoms with van der Waals surface area (Å²) in [6.07, 6.45) is 6.26. The number of hydrogen-bond acceptors (Lipinski definition) is 16. The van der Waals surface area contributed by atoms with E-state index in [0.717, 1.165) is 55.4 Å². The van der Waals surface area contributed by atoms with Crippen molar-refractivity contribution in [2.24, 2.45) is 22.7 Å². The summed E-state index contributed by atoms with van der Waals surface area (Å²) in [5.41, 5.74) is 12.0. The molecule has 103 heavy (non-hydrogen) atoms. The van der Waals surface area contributed by atoms with Crippen molar-refractivity contribution in [2.45, 2.75) is 205 Å². The Morgan fingerprint density at radius 1 is 0.874 bits per heavy atom. The number of fused-ring (bicyclic) bond motifs is 13. The lowest BCUT2D eigenvalue weighted by atomic mass is 9.71. The quantitative estimate of drug-likeness (QED) is 0.0526. The first kappa shape index (κ1) is 74.4. The van der Waals surface area contributed by atoms with E-state index in [0.29, 0.717) is 27.8 Å². The molecular formula is C78H100N11O13S+. The number of aryl methyl sites for hydroxylation is 1. The molecule has 0 spiro atoms. The van der Waals surface area contributed by atoms with Crippen molar-refractivity contribution >= 4 is 92.6 Å². The zero-order valence-corrected chi connectivity index (χ0v) is 61.9. The average Bonchev–Trinajstić information content (AvgIpc) is 1.54. The van der Waals surface area contributed by atoms with Crippen LogP contribution in [-0.2, 0) is 58.7 Å². The van der Waals surface area contributed by atoms with Crippen LogP contribution in [0.25, 0.3) is 0 Å². The number of benzene rings is 3. The van der Waals surface area contributed by atoms with Crippen LogP contribution in [0.2, 0.25) is 0 Å². The number of nitrogens with one attached hydrogen (secondary N) is 7. The fraction of sp³-hybridized carbons (Fsp3) is 0.551. The molecule has 3 unspecified atom stereocenters. The van der Waals surface area contributed by atoms with Crippen molar-refractivity contribution in [1.29, 1.82) is 0 Å². The molecule has 0 radical (unpaired) electrons. The van der Waals surface area contributed by atoms with Crippen LogP contribution in [0.5, 0.6) is 0 Å². The van der Waals surface area contributed by atoms with Crippen molar-refractivity contribution in [2.75, 3.05) is 56.6 Å². The number of aliphatic hydroxyl groups is 2. The lowest BCUT2D eigenvalue weighted by Gasteiger charge is -2.44. The predicted octanol–water partition coefficient (Wildman–Crippen LogP) is 5.54. The predicted molar refractivity (Wildman–Crippen MR) is 391 cm³/mol. The topological polar surface area (TPSA) is 319 Å². The highest BCUT2D eigenvalue weighted by Crippen LogP contribution is 2.56. The Balaban J connectivity index is 0.662. The van der Waals surface area contributed by atoms with E-state index in [1.54, 1.807) is 18.2 Å². The van der Waals surface area contributed by atoms with Gasteiger partial charge in [0.1, 0.15) is 30.2 Å². The fourth-order valence-corrected chi connectivity index (χ4v) is 17.6. The number of Topliss-reactive ketones (excluding diaryl/α,β-unsaturated/α-hetero) is 1. The molecule has 0 bridgehead atoms. The van der Waals surface area contributed by atoms with Crippen LogP contribution < -0.4 is 42.1 Å². The van der Waals surface area contributed by atoms with E-state index in [-0.39, 0.29) is 87.3 Å². The molecule has 2 fully saturated rings. The molecule has 25 heteroatoms. The highest BCUT2D eigenvalue weighted by molar-refractivity contribution is 8.14. The molecule has 0 saturated carbocycles. The van der Waals surface area contributed by atoms with Crippen molar-refractivity contribution in [3.05, 3.63) is 123 Å². The van der Waals surface area contributed by atoms with Gasteiger partial charge in [-0.2, -0.15) is 4.58 Å². The third-order valence-electron chi connectivity index (χ3n) is 22.4. The summed E-state index contributed by atoms with van der Waals surface area (Å²) in [4.78, 5) is 134. The highest BCUT2D eigenvalue weighted by atomic mass is 32.2. The number of ether oxygens (including phenoxy) is 2. The number of allylic oxidation sites excluding steroid dienone is 3. The number of amides is 8. The Morgan fingerprint density at radius 2 is 1.64 bits per heavy atom. The van der Waals surface area contributed by atoms with Gasteiger partial charge in [-0.3, -0.25) is 43.2 Å². The molecule has 24 nitrogen and oxygen atoms in total. The molecule has 14 atom stereocenters. The second kappa shape index (κ2) is 29.6.